The van der Waals surface area contributed by atoms with Gasteiger partial charge in [0.2, 0.25) is 5.91 Å². The van der Waals surface area contributed by atoms with Crippen LogP contribution in [0.5, 0.6) is 0 Å². The molecule has 1 aliphatic heterocycles. The van der Waals surface area contributed by atoms with Gasteiger partial charge in [-0.3, -0.25) is 9.78 Å². The van der Waals surface area contributed by atoms with Crippen molar-refractivity contribution in [3.05, 3.63) is 30.1 Å². The van der Waals surface area contributed by atoms with Gasteiger partial charge in [0.15, 0.2) is 0 Å². The molecule has 1 aliphatic carbocycles. The Kier molecular flexibility index (Phi) is 4.01. The Morgan fingerprint density at radius 1 is 1.35 bits per heavy atom. The van der Waals surface area contributed by atoms with Crippen LogP contribution in [0.3, 0.4) is 0 Å². The highest BCUT2D eigenvalue weighted by atomic mass is 16.2. The average Bonchev–Trinajstić information content (AvgIpc) is 3.30. The van der Waals surface area contributed by atoms with Gasteiger partial charge < -0.3 is 10.2 Å². The zero-order valence-electron chi connectivity index (χ0n) is 12.1. The molecule has 2 unspecified atom stereocenters. The van der Waals surface area contributed by atoms with Crippen LogP contribution in [0.25, 0.3) is 0 Å². The number of nitrogens with one attached hydrogen (secondary N) is 1. The van der Waals surface area contributed by atoms with Gasteiger partial charge in [0.1, 0.15) is 0 Å². The van der Waals surface area contributed by atoms with Gasteiger partial charge in [0.25, 0.3) is 0 Å². The summed E-state index contributed by atoms with van der Waals surface area (Å²) in [5.41, 5.74) is 1.17. The van der Waals surface area contributed by atoms with Crippen molar-refractivity contribution in [3.63, 3.8) is 0 Å². The van der Waals surface area contributed by atoms with Crippen LogP contribution in [-0.4, -0.2) is 34.4 Å². The van der Waals surface area contributed by atoms with Gasteiger partial charge in [-0.2, -0.15) is 0 Å². The van der Waals surface area contributed by atoms with Crippen molar-refractivity contribution < 1.29 is 4.79 Å². The molecule has 4 heteroatoms. The summed E-state index contributed by atoms with van der Waals surface area (Å²) in [6.45, 7) is 3.87. The molecule has 2 heterocycles. The molecule has 1 saturated heterocycles. The molecule has 1 N–H and O–H groups in total. The SMILES string of the molecule is CC1CCCNC1C(=O)N(Cc1ccncc1)C1CC1. The molecule has 108 valence electrons. The molecule has 2 atom stereocenters. The predicted molar refractivity (Wildman–Crippen MR) is 78.0 cm³/mol. The molecular formula is C16H23N3O. The van der Waals surface area contributed by atoms with Crippen molar-refractivity contribution in [1.29, 1.82) is 0 Å². The van der Waals surface area contributed by atoms with Crippen molar-refractivity contribution in [1.82, 2.24) is 15.2 Å². The average molecular weight is 273 g/mol. The Morgan fingerprint density at radius 3 is 2.75 bits per heavy atom. The van der Waals surface area contributed by atoms with E-state index in [4.69, 9.17) is 0 Å². The van der Waals surface area contributed by atoms with E-state index in [1.165, 1.54) is 12.0 Å². The molecule has 0 bridgehead atoms. The molecule has 1 aromatic heterocycles. The third kappa shape index (κ3) is 3.01. The van der Waals surface area contributed by atoms with Gasteiger partial charge in [0, 0.05) is 25.0 Å². The fraction of sp³-hybridized carbons (Fsp3) is 0.625. The summed E-state index contributed by atoms with van der Waals surface area (Å²) in [6, 6.07) is 4.46. The van der Waals surface area contributed by atoms with Crippen LogP contribution in [0, 0.1) is 5.92 Å². The Balaban J connectivity index is 1.71. The molecule has 2 fully saturated rings. The summed E-state index contributed by atoms with van der Waals surface area (Å²) in [4.78, 5) is 19.0. The van der Waals surface area contributed by atoms with Gasteiger partial charge >= 0.3 is 0 Å². The lowest BCUT2D eigenvalue weighted by atomic mass is 9.91. The maximum atomic E-state index is 12.8. The van der Waals surface area contributed by atoms with Crippen molar-refractivity contribution >= 4 is 5.91 Å². The van der Waals surface area contributed by atoms with Gasteiger partial charge in [-0.05, 0) is 55.8 Å². The van der Waals surface area contributed by atoms with Gasteiger partial charge in [-0.25, -0.2) is 0 Å². The number of amides is 1. The first kappa shape index (κ1) is 13.6. The third-order valence-electron chi connectivity index (χ3n) is 4.41. The van der Waals surface area contributed by atoms with Gasteiger partial charge in [0.05, 0.1) is 6.04 Å². The summed E-state index contributed by atoms with van der Waals surface area (Å²) >= 11 is 0. The number of hydrogen-bond acceptors (Lipinski definition) is 3. The maximum absolute atomic E-state index is 12.8. The molecule has 3 rings (SSSR count). The normalized spacial score (nSPS) is 26.2. The van der Waals surface area contributed by atoms with E-state index in [-0.39, 0.29) is 11.9 Å². The predicted octanol–water partition coefficient (Wildman–Crippen LogP) is 1.96. The molecule has 1 saturated carbocycles. The molecular weight excluding hydrogens is 250 g/mol. The summed E-state index contributed by atoms with van der Waals surface area (Å²) in [5, 5.41) is 3.41. The number of carbonyl (C=O) groups excluding carboxylic acids is 1. The Morgan fingerprint density at radius 2 is 2.10 bits per heavy atom. The van der Waals surface area contributed by atoms with E-state index in [1.807, 2.05) is 12.1 Å². The van der Waals surface area contributed by atoms with Crippen LogP contribution in [0.15, 0.2) is 24.5 Å². The molecule has 4 nitrogen and oxygen atoms in total. The van der Waals surface area contributed by atoms with Crippen LogP contribution < -0.4 is 5.32 Å². The van der Waals surface area contributed by atoms with E-state index in [9.17, 15) is 4.79 Å². The van der Waals surface area contributed by atoms with Crippen LogP contribution in [0.4, 0.5) is 0 Å². The number of rotatable bonds is 4. The number of nitrogens with zero attached hydrogens (tertiary/aromatic N) is 2. The van der Waals surface area contributed by atoms with Crippen LogP contribution in [-0.2, 0) is 11.3 Å². The Bertz CT molecular complexity index is 458. The zero-order valence-corrected chi connectivity index (χ0v) is 12.1. The van der Waals surface area contributed by atoms with Crippen LogP contribution >= 0.6 is 0 Å². The summed E-state index contributed by atoms with van der Waals surface area (Å²) in [5.74, 6) is 0.728. The van der Waals surface area contributed by atoms with Crippen molar-refractivity contribution in [2.45, 2.75) is 51.2 Å². The minimum absolute atomic E-state index is 0.00573. The topological polar surface area (TPSA) is 45.2 Å². The van der Waals surface area contributed by atoms with Crippen molar-refractivity contribution in [3.8, 4) is 0 Å². The van der Waals surface area contributed by atoms with E-state index in [0.717, 1.165) is 32.4 Å². The van der Waals surface area contributed by atoms with Crippen LogP contribution in [0.2, 0.25) is 0 Å². The number of piperidine rings is 1. The first-order valence-electron chi connectivity index (χ1n) is 7.68. The minimum atomic E-state index is 0.00573. The second kappa shape index (κ2) is 5.92. The maximum Gasteiger partial charge on any atom is 0.240 e. The lowest BCUT2D eigenvalue weighted by Gasteiger charge is -2.34. The lowest BCUT2D eigenvalue weighted by Crippen LogP contribution is -2.52. The van der Waals surface area contributed by atoms with Gasteiger partial charge in [-0.15, -0.1) is 0 Å². The monoisotopic (exact) mass is 273 g/mol. The minimum Gasteiger partial charge on any atom is -0.334 e. The fourth-order valence-electron chi connectivity index (χ4n) is 3.02. The third-order valence-corrected chi connectivity index (χ3v) is 4.41. The smallest absolute Gasteiger partial charge is 0.240 e. The fourth-order valence-corrected chi connectivity index (χ4v) is 3.02. The molecule has 2 aliphatic rings. The second-order valence-corrected chi connectivity index (χ2v) is 6.10. The van der Waals surface area contributed by atoms with E-state index >= 15 is 0 Å². The second-order valence-electron chi connectivity index (χ2n) is 6.10. The van der Waals surface area contributed by atoms with Crippen LogP contribution in [0.1, 0.15) is 38.2 Å². The van der Waals surface area contributed by atoms with Gasteiger partial charge in [-0.1, -0.05) is 6.92 Å². The van der Waals surface area contributed by atoms with Crippen molar-refractivity contribution in [2.24, 2.45) is 5.92 Å². The standard InChI is InChI=1S/C16H23N3O/c1-12-3-2-8-18-15(12)16(20)19(14-4-5-14)11-13-6-9-17-10-7-13/h6-7,9-10,12,14-15,18H,2-5,8,11H2,1H3. The quantitative estimate of drug-likeness (QED) is 0.912. The van der Waals surface area contributed by atoms with E-state index in [0.29, 0.717) is 12.0 Å². The molecule has 0 aromatic carbocycles. The van der Waals surface area contributed by atoms with Crippen molar-refractivity contribution in [2.75, 3.05) is 6.54 Å². The number of hydrogen-bond donors (Lipinski definition) is 1. The highest BCUT2D eigenvalue weighted by Gasteiger charge is 2.38. The molecule has 0 radical (unpaired) electrons. The zero-order chi connectivity index (χ0) is 13.9. The molecule has 1 amide bonds. The summed E-state index contributed by atoms with van der Waals surface area (Å²) in [6.07, 6.45) is 8.23. The summed E-state index contributed by atoms with van der Waals surface area (Å²) < 4.78 is 0. The summed E-state index contributed by atoms with van der Waals surface area (Å²) in [7, 11) is 0. The Hall–Kier alpha value is -1.42. The van der Waals surface area contributed by atoms with E-state index in [1.54, 1.807) is 12.4 Å². The number of aromatic nitrogens is 1. The Labute approximate surface area is 120 Å². The van der Waals surface area contributed by atoms with E-state index in [2.05, 4.69) is 22.1 Å². The first-order valence-corrected chi connectivity index (χ1v) is 7.68. The molecule has 1 aromatic rings. The number of carbonyl (C=O) groups is 1. The first-order chi connectivity index (χ1) is 9.75. The largest absolute Gasteiger partial charge is 0.334 e. The molecule has 0 spiro atoms. The lowest BCUT2D eigenvalue weighted by molar-refractivity contribution is -0.136. The molecule has 20 heavy (non-hydrogen) atoms. The number of pyridine rings is 1. The van der Waals surface area contributed by atoms with E-state index < -0.39 is 0 Å². The highest BCUT2D eigenvalue weighted by Crippen LogP contribution is 2.30. The highest BCUT2D eigenvalue weighted by molar-refractivity contribution is 5.83.